The monoisotopic (exact) mass is 147 g/mol. The first kappa shape index (κ1) is 9.20. The number of rotatable bonds is 4. The normalized spacial score (nSPS) is 15.9. The predicted octanol–water partition coefficient (Wildman–Crippen LogP) is 1.63. The lowest BCUT2D eigenvalue weighted by Crippen LogP contribution is -2.20. The minimum absolute atomic E-state index is 0.241. The van der Waals surface area contributed by atoms with E-state index in [-0.39, 0.29) is 12.0 Å². The second kappa shape index (κ2) is 4.09. The third-order valence-corrected chi connectivity index (χ3v) is 1.70. The quantitative estimate of drug-likeness (QED) is 0.448. The molecule has 0 aliphatic rings. The molecule has 0 N–H and O–H groups in total. The van der Waals surface area contributed by atoms with Crippen molar-refractivity contribution in [2.24, 2.45) is 5.92 Å². The third-order valence-electron chi connectivity index (χ3n) is 1.70. The van der Waals surface area contributed by atoms with Crippen LogP contribution < -0.4 is 0 Å². The van der Waals surface area contributed by atoms with E-state index in [2.05, 4.69) is 4.84 Å². The fraction of sp³-hybridized carbons (Fsp3) is 1.00. The van der Waals surface area contributed by atoms with E-state index in [0.717, 1.165) is 6.42 Å². The molecule has 4 heteroatoms. The molecule has 0 bridgehead atoms. The minimum Gasteiger partial charge on any atom is -0.311 e. The molecule has 0 aromatic heterocycles. The Morgan fingerprint density at radius 1 is 1.60 bits per heavy atom. The van der Waals surface area contributed by atoms with E-state index in [1.54, 1.807) is 6.92 Å². The predicted molar refractivity (Wildman–Crippen MR) is 37.0 cm³/mol. The van der Waals surface area contributed by atoms with Crippen LogP contribution in [-0.2, 0) is 4.84 Å². The first-order valence-corrected chi connectivity index (χ1v) is 3.39. The van der Waals surface area contributed by atoms with Crippen molar-refractivity contribution in [3.63, 3.8) is 0 Å². The van der Waals surface area contributed by atoms with Gasteiger partial charge < -0.3 is 4.84 Å². The van der Waals surface area contributed by atoms with Crippen molar-refractivity contribution in [1.29, 1.82) is 0 Å². The molecule has 60 valence electrons. The SMILES string of the molecule is CC[C@@H](C)[C@@H](C)O[N+](=O)[O-]. The van der Waals surface area contributed by atoms with Crippen LogP contribution in [0.25, 0.3) is 0 Å². The van der Waals surface area contributed by atoms with Gasteiger partial charge in [-0.3, -0.25) is 0 Å². The Kier molecular flexibility index (Phi) is 3.76. The highest BCUT2D eigenvalue weighted by molar-refractivity contribution is 4.55. The second-order valence-corrected chi connectivity index (χ2v) is 2.42. The lowest BCUT2D eigenvalue weighted by Gasteiger charge is -2.14. The summed E-state index contributed by atoms with van der Waals surface area (Å²) in [5.74, 6) is 0.241. The van der Waals surface area contributed by atoms with Crippen LogP contribution in [0.5, 0.6) is 0 Å². The van der Waals surface area contributed by atoms with Gasteiger partial charge in [-0.15, -0.1) is 10.1 Å². The Morgan fingerprint density at radius 3 is 2.40 bits per heavy atom. The van der Waals surface area contributed by atoms with Crippen molar-refractivity contribution >= 4 is 0 Å². The van der Waals surface area contributed by atoms with Crippen LogP contribution in [0.15, 0.2) is 0 Å². The van der Waals surface area contributed by atoms with Crippen LogP contribution >= 0.6 is 0 Å². The molecule has 0 radical (unpaired) electrons. The van der Waals surface area contributed by atoms with E-state index >= 15 is 0 Å². The summed E-state index contributed by atoms with van der Waals surface area (Å²) in [6, 6.07) is 0. The minimum atomic E-state index is -0.739. The molecule has 0 spiro atoms. The number of nitrogens with zero attached hydrogens (tertiary/aromatic N) is 1. The molecule has 0 fully saturated rings. The molecule has 0 unspecified atom stereocenters. The molecule has 0 aliphatic carbocycles. The van der Waals surface area contributed by atoms with Gasteiger partial charge >= 0.3 is 0 Å². The van der Waals surface area contributed by atoms with E-state index in [1.807, 2.05) is 13.8 Å². The van der Waals surface area contributed by atoms with Gasteiger partial charge in [0, 0.05) is 0 Å². The summed E-state index contributed by atoms with van der Waals surface area (Å²) in [6.45, 7) is 5.61. The van der Waals surface area contributed by atoms with Gasteiger partial charge in [0.25, 0.3) is 5.09 Å². The van der Waals surface area contributed by atoms with Crippen LogP contribution in [0.3, 0.4) is 0 Å². The van der Waals surface area contributed by atoms with Crippen LogP contribution in [0.2, 0.25) is 0 Å². The summed E-state index contributed by atoms with van der Waals surface area (Å²) in [6.07, 6.45) is 0.606. The van der Waals surface area contributed by atoms with Crippen LogP contribution in [0.1, 0.15) is 27.2 Å². The second-order valence-electron chi connectivity index (χ2n) is 2.42. The van der Waals surface area contributed by atoms with Gasteiger partial charge in [0.2, 0.25) is 0 Å². The first-order chi connectivity index (χ1) is 4.57. The lowest BCUT2D eigenvalue weighted by molar-refractivity contribution is -0.769. The molecular formula is C6H13NO3. The van der Waals surface area contributed by atoms with Gasteiger partial charge in [0.1, 0.15) is 6.10 Å². The molecule has 0 aromatic rings. The molecule has 0 aromatic carbocycles. The van der Waals surface area contributed by atoms with E-state index in [1.165, 1.54) is 0 Å². The van der Waals surface area contributed by atoms with Crippen molar-refractivity contribution in [1.82, 2.24) is 0 Å². The van der Waals surface area contributed by atoms with Crippen molar-refractivity contribution in [3.8, 4) is 0 Å². The zero-order chi connectivity index (χ0) is 8.15. The molecule has 4 nitrogen and oxygen atoms in total. The van der Waals surface area contributed by atoms with Crippen molar-refractivity contribution in [2.45, 2.75) is 33.3 Å². The highest BCUT2D eigenvalue weighted by Gasteiger charge is 2.13. The van der Waals surface area contributed by atoms with E-state index in [4.69, 9.17) is 0 Å². The molecule has 2 atom stereocenters. The largest absolute Gasteiger partial charge is 0.311 e. The van der Waals surface area contributed by atoms with E-state index in [0.29, 0.717) is 0 Å². The maximum Gasteiger partial charge on any atom is 0.294 e. The highest BCUT2D eigenvalue weighted by atomic mass is 17.0. The molecule has 0 rings (SSSR count). The Hall–Kier alpha value is -0.800. The zero-order valence-electron chi connectivity index (χ0n) is 6.53. The van der Waals surface area contributed by atoms with Crippen molar-refractivity contribution in [2.75, 3.05) is 0 Å². The zero-order valence-corrected chi connectivity index (χ0v) is 6.53. The molecule has 10 heavy (non-hydrogen) atoms. The average molecular weight is 147 g/mol. The molecule has 0 saturated heterocycles. The molecular weight excluding hydrogens is 134 g/mol. The summed E-state index contributed by atoms with van der Waals surface area (Å²) in [5, 5.41) is 9.07. The Bertz CT molecular complexity index is 116. The molecule has 0 saturated carbocycles. The van der Waals surface area contributed by atoms with Crippen molar-refractivity contribution in [3.05, 3.63) is 10.1 Å². The fourth-order valence-electron chi connectivity index (χ4n) is 0.572. The van der Waals surface area contributed by atoms with Crippen LogP contribution in [-0.4, -0.2) is 11.2 Å². The lowest BCUT2D eigenvalue weighted by atomic mass is 10.0. The third kappa shape index (κ3) is 3.27. The number of hydrogen-bond donors (Lipinski definition) is 0. The molecule has 0 aliphatic heterocycles. The molecule has 0 heterocycles. The summed E-state index contributed by atoms with van der Waals surface area (Å²) >= 11 is 0. The van der Waals surface area contributed by atoms with Gasteiger partial charge in [0.05, 0.1) is 0 Å². The summed E-state index contributed by atoms with van der Waals surface area (Å²) in [7, 11) is 0. The van der Waals surface area contributed by atoms with Gasteiger partial charge in [-0.1, -0.05) is 20.3 Å². The topological polar surface area (TPSA) is 52.4 Å². The summed E-state index contributed by atoms with van der Waals surface area (Å²) in [5.41, 5.74) is 0. The van der Waals surface area contributed by atoms with Gasteiger partial charge in [-0.05, 0) is 12.8 Å². The van der Waals surface area contributed by atoms with Crippen molar-refractivity contribution < 1.29 is 9.92 Å². The fourth-order valence-corrected chi connectivity index (χ4v) is 0.572. The summed E-state index contributed by atoms with van der Waals surface area (Å²) < 4.78 is 0. The van der Waals surface area contributed by atoms with E-state index < -0.39 is 5.09 Å². The van der Waals surface area contributed by atoms with Crippen LogP contribution in [0, 0.1) is 16.0 Å². The Labute approximate surface area is 60.3 Å². The maximum atomic E-state index is 9.81. The van der Waals surface area contributed by atoms with Crippen LogP contribution in [0.4, 0.5) is 0 Å². The van der Waals surface area contributed by atoms with Gasteiger partial charge in [0.15, 0.2) is 0 Å². The van der Waals surface area contributed by atoms with Gasteiger partial charge in [-0.2, -0.15) is 0 Å². The molecule has 0 amide bonds. The summed E-state index contributed by atoms with van der Waals surface area (Å²) in [4.78, 5) is 14.1. The van der Waals surface area contributed by atoms with Gasteiger partial charge in [-0.25, -0.2) is 0 Å². The Balaban J connectivity index is 3.61. The number of hydrogen-bond acceptors (Lipinski definition) is 3. The highest BCUT2D eigenvalue weighted by Crippen LogP contribution is 2.09. The first-order valence-electron chi connectivity index (χ1n) is 3.39. The standard InChI is InChI=1S/C6H13NO3/c1-4-5(2)6(3)10-7(8)9/h5-6H,4H2,1-3H3/t5-,6-/m1/s1. The Morgan fingerprint density at radius 2 is 2.10 bits per heavy atom. The average Bonchev–Trinajstić information content (AvgIpc) is 1.85. The van der Waals surface area contributed by atoms with E-state index in [9.17, 15) is 10.1 Å². The maximum absolute atomic E-state index is 9.81. The smallest absolute Gasteiger partial charge is 0.294 e.